The van der Waals surface area contributed by atoms with Gasteiger partial charge in [0.25, 0.3) is 0 Å². The van der Waals surface area contributed by atoms with Crippen LogP contribution in [0.5, 0.6) is 0 Å². The van der Waals surface area contributed by atoms with Crippen LogP contribution >= 0.6 is 0 Å². The molecular formula is C4AgF12-3. The summed E-state index contributed by atoms with van der Waals surface area (Å²) in [4.78, 5) is 0. The number of rotatable bonds is 0. The molecule has 0 amide bonds. The Balaban J connectivity index is -0.0000000369. The molecule has 0 spiro atoms. The van der Waals surface area contributed by atoms with Crippen molar-refractivity contribution in [3.63, 3.8) is 0 Å². The summed E-state index contributed by atoms with van der Waals surface area (Å²) in [6.07, 6.45) is 0. The van der Waals surface area contributed by atoms with Crippen molar-refractivity contribution in [2.45, 2.75) is 0 Å². The first kappa shape index (κ1) is 30.2. The van der Waals surface area contributed by atoms with E-state index in [-0.39, 0.29) is 22.4 Å². The summed E-state index contributed by atoms with van der Waals surface area (Å²) >= 11 is 0. The number of hydrogen-bond acceptors (Lipinski definition) is 0. The van der Waals surface area contributed by atoms with E-state index >= 15 is 0 Å². The number of hydrogen-bond donors (Lipinski definition) is 0. The molecule has 0 aromatic heterocycles. The van der Waals surface area contributed by atoms with Crippen molar-refractivity contribution in [2.75, 3.05) is 0 Å². The molecule has 0 N–H and O–H groups in total. The largest absolute Gasteiger partial charge is 1.00 e. The van der Waals surface area contributed by atoms with Gasteiger partial charge in [0.1, 0.15) is 0 Å². The van der Waals surface area contributed by atoms with E-state index in [2.05, 4.69) is 0 Å². The average molecular weight is 384 g/mol. The molecule has 13 heteroatoms. The molecule has 0 atom stereocenters. The molecule has 0 aliphatic carbocycles. The van der Waals surface area contributed by atoms with Crippen molar-refractivity contribution in [3.8, 4) is 0 Å². The van der Waals surface area contributed by atoms with Gasteiger partial charge in [-0.25, -0.2) is 0 Å². The van der Waals surface area contributed by atoms with Crippen LogP contribution < -0.4 is 0 Å². The Morgan fingerprint density at radius 1 is 0.294 bits per heavy atom. The first-order valence-electron chi connectivity index (χ1n) is 2.27. The van der Waals surface area contributed by atoms with Gasteiger partial charge in [-0.1, -0.05) is 0 Å². The molecule has 0 aromatic rings. The van der Waals surface area contributed by atoms with E-state index in [9.17, 15) is 52.7 Å². The predicted octanol–water partition coefficient (Wildman–Crippen LogP) is 5.37. The third-order valence-electron chi connectivity index (χ3n) is 0. The third-order valence-corrected chi connectivity index (χ3v) is 0. The van der Waals surface area contributed by atoms with Gasteiger partial charge >= 0.3 is 22.4 Å². The van der Waals surface area contributed by atoms with E-state index < -0.39 is 26.7 Å². The van der Waals surface area contributed by atoms with E-state index in [0.717, 1.165) is 0 Å². The maximum Gasteiger partial charge on any atom is 1.00 e. The molecule has 0 nitrogen and oxygen atoms in total. The molecule has 0 fully saturated rings. The first-order valence-corrected chi connectivity index (χ1v) is 2.27. The second-order valence-corrected chi connectivity index (χ2v) is 0.857. The molecular weight excluding hydrogens is 384 g/mol. The molecule has 0 aliphatic rings. The van der Waals surface area contributed by atoms with Gasteiger partial charge < -0.3 is 52.7 Å². The van der Waals surface area contributed by atoms with Crippen LogP contribution in [-0.4, -0.2) is 0 Å². The number of halogens is 12. The van der Waals surface area contributed by atoms with Gasteiger partial charge in [-0.15, -0.1) is 0 Å². The van der Waals surface area contributed by atoms with E-state index in [1.807, 2.05) is 0 Å². The van der Waals surface area contributed by atoms with E-state index in [1.54, 1.807) is 0 Å². The summed E-state index contributed by atoms with van der Waals surface area (Å²) in [7, 11) is 0. The third kappa shape index (κ3) is 309000. The monoisotopic (exact) mass is 383 g/mol. The van der Waals surface area contributed by atoms with Gasteiger partial charge in [-0.05, 0) is 0 Å². The predicted molar refractivity (Wildman–Crippen MR) is 26.3 cm³/mol. The minimum absolute atomic E-state index is 0. The van der Waals surface area contributed by atoms with E-state index in [1.165, 1.54) is 0 Å². The maximum absolute atomic E-state index is 9.58. The van der Waals surface area contributed by atoms with Crippen LogP contribution in [0.4, 0.5) is 52.7 Å². The van der Waals surface area contributed by atoms with Crippen LogP contribution in [0.3, 0.4) is 0 Å². The maximum atomic E-state index is 9.58. The molecule has 17 heavy (non-hydrogen) atoms. The zero-order chi connectivity index (χ0) is 14.3. The quantitative estimate of drug-likeness (QED) is 0.300. The zero-order valence-electron chi connectivity index (χ0n) is 6.84. The van der Waals surface area contributed by atoms with Crippen molar-refractivity contribution >= 4 is 0 Å². The van der Waals surface area contributed by atoms with Gasteiger partial charge in [-0.3, -0.25) is 0 Å². The summed E-state index contributed by atoms with van der Waals surface area (Å²) in [5.74, 6) is 0. The fraction of sp³-hybridized carbons (Fsp3) is 0. The molecule has 0 rings (SSSR count). The molecule has 0 radical (unpaired) electrons. The summed E-state index contributed by atoms with van der Waals surface area (Å²) in [5, 5.41) is 0. The Hall–Kier alpha value is -0.0997. The van der Waals surface area contributed by atoms with Crippen LogP contribution in [0.25, 0.3) is 0 Å². The fourth-order valence-corrected chi connectivity index (χ4v) is 0. The molecule has 0 bridgehead atoms. The molecule has 0 heterocycles. The Bertz CT molecular complexity index is 61.5. The Kier molecular flexibility index (Phi) is 44.2. The second-order valence-electron chi connectivity index (χ2n) is 0.857. The van der Waals surface area contributed by atoms with E-state index in [4.69, 9.17) is 0 Å². The Labute approximate surface area is 102 Å². The van der Waals surface area contributed by atoms with Crippen molar-refractivity contribution in [1.82, 2.24) is 0 Å². The van der Waals surface area contributed by atoms with Crippen LogP contribution in [0.1, 0.15) is 0 Å². The minimum Gasteiger partial charge on any atom is -0.385 e. The van der Waals surface area contributed by atoms with Crippen LogP contribution in [0.15, 0.2) is 0 Å². The van der Waals surface area contributed by atoms with Crippen molar-refractivity contribution < 1.29 is 75.1 Å². The molecule has 0 aromatic carbocycles. The SMILES string of the molecule is F[C-](F)F.F[C-](F)F.F[C-](F)F.F[C-](F)F.[Ag+]. The van der Waals surface area contributed by atoms with Gasteiger partial charge in [0, 0.05) is 0 Å². The molecule has 0 aliphatic heterocycles. The molecule has 0 unspecified atom stereocenters. The summed E-state index contributed by atoms with van der Waals surface area (Å²) < 4.78 is 115. The van der Waals surface area contributed by atoms with Crippen LogP contribution in [0, 0.1) is 26.7 Å². The van der Waals surface area contributed by atoms with Crippen molar-refractivity contribution in [3.05, 3.63) is 26.7 Å². The molecule has 114 valence electrons. The van der Waals surface area contributed by atoms with Gasteiger partial charge in [-0.2, -0.15) is 0 Å². The minimum atomic E-state index is -3.08. The summed E-state index contributed by atoms with van der Waals surface area (Å²) in [6.45, 7) is -12.3. The van der Waals surface area contributed by atoms with Crippen LogP contribution in [-0.2, 0) is 22.4 Å². The average Bonchev–Trinajstić information content (AvgIpc) is 1.76. The standard InChI is InChI=1S/4CF3.Ag/c4*2-1(3)4;/q4*-1;+1. The zero-order valence-corrected chi connectivity index (χ0v) is 8.32. The topological polar surface area (TPSA) is 0 Å². The van der Waals surface area contributed by atoms with Crippen molar-refractivity contribution in [2.24, 2.45) is 0 Å². The summed E-state index contributed by atoms with van der Waals surface area (Å²) in [5.41, 5.74) is 0. The molecule has 0 saturated heterocycles. The van der Waals surface area contributed by atoms with E-state index in [0.29, 0.717) is 0 Å². The Morgan fingerprint density at radius 3 is 0.294 bits per heavy atom. The second kappa shape index (κ2) is 24.9. The van der Waals surface area contributed by atoms with Gasteiger partial charge in [0.15, 0.2) is 26.7 Å². The molecule has 0 saturated carbocycles. The first-order chi connectivity index (χ1) is 6.93. The van der Waals surface area contributed by atoms with Crippen LogP contribution in [0.2, 0.25) is 0 Å². The normalized spacial score (nSPS) is 8.47. The Morgan fingerprint density at radius 2 is 0.294 bits per heavy atom. The smallest absolute Gasteiger partial charge is 0.385 e. The fourth-order valence-electron chi connectivity index (χ4n) is 0. The van der Waals surface area contributed by atoms with Gasteiger partial charge in [0.05, 0.1) is 0 Å². The van der Waals surface area contributed by atoms with Gasteiger partial charge in [0.2, 0.25) is 0 Å². The summed E-state index contributed by atoms with van der Waals surface area (Å²) in [6, 6.07) is 0. The van der Waals surface area contributed by atoms with Crippen molar-refractivity contribution in [1.29, 1.82) is 0 Å².